The van der Waals surface area contributed by atoms with Gasteiger partial charge in [0.25, 0.3) is 10.1 Å². The molecule has 0 radical (unpaired) electrons. The van der Waals surface area contributed by atoms with E-state index in [0.717, 1.165) is 24.1 Å². The van der Waals surface area contributed by atoms with Crippen LogP contribution in [0.2, 0.25) is 0 Å². The van der Waals surface area contributed by atoms with Crippen LogP contribution in [0, 0.1) is 0 Å². The highest BCUT2D eigenvalue weighted by atomic mass is 79.9. The van der Waals surface area contributed by atoms with E-state index in [1.807, 2.05) is 15.9 Å². The second-order valence-corrected chi connectivity index (χ2v) is 9.51. The number of halogens is 4. The molecule has 0 saturated carbocycles. The Bertz CT molecular complexity index is 1030. The smallest absolute Gasteiger partial charge is 0.347 e. The number of hydrogen-bond donors (Lipinski definition) is 0. The number of pyridine rings is 1. The fourth-order valence-electron chi connectivity index (χ4n) is 3.85. The number of anilines is 3. The third-order valence-electron chi connectivity index (χ3n) is 4.97. The highest BCUT2D eigenvalue weighted by Gasteiger charge is 2.41. The third-order valence-corrected chi connectivity index (χ3v) is 6.03. The zero-order valence-electron chi connectivity index (χ0n) is 15.2. The maximum absolute atomic E-state index is 12.9. The molecule has 0 unspecified atom stereocenters. The summed E-state index contributed by atoms with van der Waals surface area (Å²) in [5.74, 6) is 0.634. The summed E-state index contributed by atoms with van der Waals surface area (Å²) in [4.78, 5) is 8.43. The van der Waals surface area contributed by atoms with Crippen LogP contribution in [-0.2, 0) is 20.5 Å². The topological polar surface area (TPSA) is 62.7 Å². The Kier molecular flexibility index (Phi) is 5.02. The molecule has 0 bridgehead atoms. The van der Waals surface area contributed by atoms with Gasteiger partial charge in [-0.2, -0.15) is 21.6 Å². The van der Waals surface area contributed by atoms with Gasteiger partial charge in [0.05, 0.1) is 29.7 Å². The van der Waals surface area contributed by atoms with Crippen molar-refractivity contribution in [3.05, 3.63) is 46.6 Å². The van der Waals surface area contributed by atoms with Crippen LogP contribution in [0.4, 0.5) is 30.4 Å². The Morgan fingerprint density at radius 2 is 1.83 bits per heavy atom. The summed E-state index contributed by atoms with van der Waals surface area (Å²) in [6.07, 6.45) is -3.42. The van der Waals surface area contributed by atoms with Crippen molar-refractivity contribution in [3.8, 4) is 0 Å². The molecule has 29 heavy (non-hydrogen) atoms. The van der Waals surface area contributed by atoms with Crippen LogP contribution in [0.5, 0.6) is 0 Å². The van der Waals surface area contributed by atoms with Crippen molar-refractivity contribution in [3.63, 3.8) is 0 Å². The second-order valence-electron chi connectivity index (χ2n) is 7.10. The minimum Gasteiger partial charge on any atom is -0.347 e. The monoisotopic (exact) mass is 491 g/mol. The van der Waals surface area contributed by atoms with Crippen molar-refractivity contribution in [1.82, 2.24) is 4.98 Å². The van der Waals surface area contributed by atoms with Gasteiger partial charge in [0.1, 0.15) is 4.60 Å². The molecular weight excluding hydrogens is 475 g/mol. The summed E-state index contributed by atoms with van der Waals surface area (Å²) in [6, 6.07) is 8.49. The first-order chi connectivity index (χ1) is 13.5. The summed E-state index contributed by atoms with van der Waals surface area (Å²) in [6.45, 7) is 0.848. The van der Waals surface area contributed by atoms with Crippen LogP contribution in [0.25, 0.3) is 0 Å². The maximum atomic E-state index is 12.9. The number of fused-ring (bicyclic) bond motifs is 3. The van der Waals surface area contributed by atoms with Gasteiger partial charge in [-0.15, -0.1) is 0 Å². The van der Waals surface area contributed by atoms with Crippen LogP contribution in [-0.4, -0.2) is 44.9 Å². The lowest BCUT2D eigenvalue weighted by Gasteiger charge is -2.40. The molecule has 4 rings (SSSR count). The molecule has 2 aliphatic rings. The van der Waals surface area contributed by atoms with Gasteiger partial charge in [-0.25, -0.2) is 4.98 Å². The van der Waals surface area contributed by atoms with Gasteiger partial charge in [-0.3, -0.25) is 4.18 Å². The molecule has 11 heteroatoms. The van der Waals surface area contributed by atoms with Crippen LogP contribution in [0.15, 0.2) is 41.0 Å². The molecule has 0 amide bonds. The van der Waals surface area contributed by atoms with Gasteiger partial charge >= 0.3 is 6.18 Å². The third kappa shape index (κ3) is 4.22. The lowest BCUT2D eigenvalue weighted by Crippen LogP contribution is -2.44. The van der Waals surface area contributed by atoms with Crippen molar-refractivity contribution in [2.45, 2.75) is 24.7 Å². The number of aromatic nitrogens is 1. The molecule has 3 heterocycles. The number of alkyl halides is 3. The van der Waals surface area contributed by atoms with E-state index < -0.39 is 28.0 Å². The van der Waals surface area contributed by atoms with E-state index in [0.29, 0.717) is 35.6 Å². The quantitative estimate of drug-likeness (QED) is 0.478. The molecule has 0 N–H and O–H groups in total. The first-order valence-electron chi connectivity index (χ1n) is 8.77. The van der Waals surface area contributed by atoms with E-state index in [9.17, 15) is 21.6 Å². The fraction of sp³-hybridized carbons (Fsp3) is 0.389. The average molecular weight is 492 g/mol. The number of nitrogens with zero attached hydrogens (tertiary/aromatic N) is 3. The Morgan fingerprint density at radius 3 is 2.45 bits per heavy atom. The largest absolute Gasteiger partial charge is 0.416 e. The van der Waals surface area contributed by atoms with Crippen LogP contribution in [0.3, 0.4) is 0 Å². The van der Waals surface area contributed by atoms with E-state index >= 15 is 0 Å². The van der Waals surface area contributed by atoms with Gasteiger partial charge in [-0.1, -0.05) is 0 Å². The summed E-state index contributed by atoms with van der Waals surface area (Å²) in [5.41, 5.74) is 0.635. The van der Waals surface area contributed by atoms with Crippen molar-refractivity contribution in [1.29, 1.82) is 0 Å². The van der Waals surface area contributed by atoms with E-state index in [1.54, 1.807) is 6.07 Å². The Labute approximate surface area is 174 Å². The van der Waals surface area contributed by atoms with E-state index in [-0.39, 0.29) is 6.04 Å². The predicted octanol–water partition coefficient (Wildman–Crippen LogP) is 3.94. The highest BCUT2D eigenvalue weighted by molar-refractivity contribution is 9.10. The summed E-state index contributed by atoms with van der Waals surface area (Å²) < 4.78 is 67.5. The molecular formula is C18H17BrF3N3O3S. The molecule has 1 fully saturated rings. The molecule has 2 aliphatic heterocycles. The zero-order valence-corrected chi connectivity index (χ0v) is 17.6. The van der Waals surface area contributed by atoms with Crippen molar-refractivity contribution < 1.29 is 25.8 Å². The fourth-order valence-corrected chi connectivity index (χ4v) is 4.78. The summed E-state index contributed by atoms with van der Waals surface area (Å²) in [5, 5.41) is 0. The highest BCUT2D eigenvalue weighted by Crippen LogP contribution is 2.43. The molecule has 6 nitrogen and oxygen atoms in total. The van der Waals surface area contributed by atoms with Crippen LogP contribution in [0.1, 0.15) is 12.0 Å². The number of rotatable bonds is 3. The van der Waals surface area contributed by atoms with Gasteiger partial charge in [0.15, 0.2) is 5.82 Å². The molecule has 1 aromatic carbocycles. The second kappa shape index (κ2) is 7.13. The normalized spacial score (nSPS) is 21.8. The maximum Gasteiger partial charge on any atom is 0.416 e. The Morgan fingerprint density at radius 1 is 1.14 bits per heavy atom. The van der Waals surface area contributed by atoms with E-state index in [2.05, 4.69) is 20.9 Å². The molecule has 156 valence electrons. The Balaban J connectivity index is 1.69. The lowest BCUT2D eigenvalue weighted by molar-refractivity contribution is -0.137. The van der Waals surface area contributed by atoms with Gasteiger partial charge < -0.3 is 9.80 Å². The molecule has 1 saturated heterocycles. The number of benzene rings is 1. The van der Waals surface area contributed by atoms with Gasteiger partial charge in [0.2, 0.25) is 0 Å². The molecule has 2 atom stereocenters. The van der Waals surface area contributed by atoms with Crippen LogP contribution >= 0.6 is 15.9 Å². The predicted molar refractivity (Wildman–Crippen MR) is 106 cm³/mol. The van der Waals surface area contributed by atoms with Gasteiger partial charge in [-0.05, 0) is 58.7 Å². The molecule has 0 aliphatic carbocycles. The zero-order chi connectivity index (χ0) is 21.0. The summed E-state index contributed by atoms with van der Waals surface area (Å²) >= 11 is 3.35. The molecule has 0 spiro atoms. The van der Waals surface area contributed by atoms with E-state index in [1.165, 1.54) is 12.1 Å². The van der Waals surface area contributed by atoms with Crippen molar-refractivity contribution in [2.75, 3.05) is 29.1 Å². The van der Waals surface area contributed by atoms with Crippen molar-refractivity contribution in [2.24, 2.45) is 0 Å². The Hall–Kier alpha value is -1.85. The molecule has 1 aromatic heterocycles. The minimum atomic E-state index is -4.40. The SMILES string of the molecule is CS(=O)(=O)O[C@H]1C[C@@H]2CN(c3ccc(C(F)(F)F)cc3)c3ccc(Br)nc3N2C1. The first-order valence-corrected chi connectivity index (χ1v) is 11.4. The first kappa shape index (κ1) is 20.4. The van der Waals surface area contributed by atoms with Crippen LogP contribution < -0.4 is 9.80 Å². The minimum absolute atomic E-state index is 0.0849. The number of hydrogen-bond acceptors (Lipinski definition) is 6. The van der Waals surface area contributed by atoms with E-state index in [4.69, 9.17) is 4.18 Å². The summed E-state index contributed by atoms with van der Waals surface area (Å²) in [7, 11) is -3.60. The average Bonchev–Trinajstić information content (AvgIpc) is 3.01. The van der Waals surface area contributed by atoms with Crippen molar-refractivity contribution >= 4 is 43.2 Å². The van der Waals surface area contributed by atoms with Gasteiger partial charge in [0, 0.05) is 18.8 Å². The molecule has 2 aromatic rings. The standard InChI is InChI=1S/C18H17BrF3N3O3S/c1-29(26,27)28-14-8-13-9-24(12-4-2-11(3-5-12)18(20,21)22)15-6-7-16(19)23-17(15)25(13)10-14/h2-7,13-14H,8-10H2,1H3/t13-,14+/m1/s1. The lowest BCUT2D eigenvalue weighted by atomic mass is 10.1.